The zero-order valence-corrected chi connectivity index (χ0v) is 12.8. The molecule has 0 spiro atoms. The standard InChI is InChI=1S/C14H16N2O4S/c1-9-11(8-14(17)18)10(2)16(15-9)12-6-4-5-7-13(12)21(3,19)20/h4-7H,8H2,1-3H3,(H,17,18). The Morgan fingerprint density at radius 1 is 1.29 bits per heavy atom. The van der Waals surface area contributed by atoms with Crippen LogP contribution in [0.1, 0.15) is 17.0 Å². The van der Waals surface area contributed by atoms with Gasteiger partial charge >= 0.3 is 5.97 Å². The monoisotopic (exact) mass is 308 g/mol. The van der Waals surface area contributed by atoms with E-state index in [0.29, 0.717) is 22.6 Å². The minimum Gasteiger partial charge on any atom is -0.481 e. The third-order valence-corrected chi connectivity index (χ3v) is 4.41. The molecule has 0 unspecified atom stereocenters. The lowest BCUT2D eigenvalue weighted by atomic mass is 10.1. The molecule has 2 rings (SSSR count). The van der Waals surface area contributed by atoms with Gasteiger partial charge in [0.1, 0.15) is 0 Å². The number of para-hydroxylation sites is 1. The van der Waals surface area contributed by atoms with Crippen molar-refractivity contribution in [3.8, 4) is 5.69 Å². The molecule has 0 amide bonds. The predicted octanol–water partition coefficient (Wildman–Crippen LogP) is 1.52. The van der Waals surface area contributed by atoms with Crippen molar-refractivity contribution in [3.63, 3.8) is 0 Å². The average molecular weight is 308 g/mol. The number of rotatable bonds is 4. The van der Waals surface area contributed by atoms with Gasteiger partial charge in [-0.25, -0.2) is 13.1 Å². The van der Waals surface area contributed by atoms with Crippen molar-refractivity contribution in [2.45, 2.75) is 25.2 Å². The molecule has 0 aliphatic rings. The van der Waals surface area contributed by atoms with Crippen molar-refractivity contribution < 1.29 is 18.3 Å². The highest BCUT2D eigenvalue weighted by Crippen LogP contribution is 2.24. The topological polar surface area (TPSA) is 89.3 Å². The van der Waals surface area contributed by atoms with E-state index in [9.17, 15) is 13.2 Å². The summed E-state index contributed by atoms with van der Waals surface area (Å²) in [4.78, 5) is 11.1. The first-order chi connectivity index (χ1) is 9.71. The summed E-state index contributed by atoms with van der Waals surface area (Å²) in [5, 5.41) is 13.2. The molecule has 2 aromatic rings. The van der Waals surface area contributed by atoms with Crippen LogP contribution in [0.5, 0.6) is 0 Å². The fraction of sp³-hybridized carbons (Fsp3) is 0.286. The molecule has 1 aromatic heterocycles. The zero-order valence-electron chi connectivity index (χ0n) is 12.0. The van der Waals surface area contributed by atoms with Gasteiger partial charge in [0.15, 0.2) is 9.84 Å². The molecule has 0 aliphatic carbocycles. The largest absolute Gasteiger partial charge is 0.481 e. The van der Waals surface area contributed by atoms with E-state index in [-0.39, 0.29) is 11.3 Å². The van der Waals surface area contributed by atoms with E-state index < -0.39 is 15.8 Å². The van der Waals surface area contributed by atoms with Gasteiger partial charge in [0.05, 0.1) is 22.7 Å². The normalized spacial score (nSPS) is 11.6. The van der Waals surface area contributed by atoms with Gasteiger partial charge in [-0.05, 0) is 26.0 Å². The van der Waals surface area contributed by atoms with Crippen LogP contribution in [0, 0.1) is 13.8 Å². The number of carboxylic acids is 1. The number of carbonyl (C=O) groups is 1. The highest BCUT2D eigenvalue weighted by Gasteiger charge is 2.20. The van der Waals surface area contributed by atoms with Gasteiger partial charge in [0.25, 0.3) is 0 Å². The molecule has 0 saturated heterocycles. The molecule has 0 aliphatic heterocycles. The van der Waals surface area contributed by atoms with Crippen molar-refractivity contribution >= 4 is 15.8 Å². The van der Waals surface area contributed by atoms with Crippen LogP contribution < -0.4 is 0 Å². The van der Waals surface area contributed by atoms with Gasteiger partial charge in [-0.2, -0.15) is 5.10 Å². The van der Waals surface area contributed by atoms with Crippen LogP contribution in [0.25, 0.3) is 5.69 Å². The lowest BCUT2D eigenvalue weighted by molar-refractivity contribution is -0.136. The second-order valence-electron chi connectivity index (χ2n) is 4.87. The average Bonchev–Trinajstić information content (AvgIpc) is 2.65. The van der Waals surface area contributed by atoms with E-state index in [4.69, 9.17) is 5.11 Å². The van der Waals surface area contributed by atoms with Crippen LogP contribution in [-0.2, 0) is 21.1 Å². The van der Waals surface area contributed by atoms with Crippen molar-refractivity contribution in [1.29, 1.82) is 0 Å². The van der Waals surface area contributed by atoms with Crippen LogP contribution >= 0.6 is 0 Å². The molecule has 1 aromatic carbocycles. The van der Waals surface area contributed by atoms with Gasteiger partial charge < -0.3 is 5.11 Å². The van der Waals surface area contributed by atoms with Gasteiger partial charge in [0.2, 0.25) is 0 Å². The summed E-state index contributed by atoms with van der Waals surface area (Å²) in [5.41, 5.74) is 2.24. The first kappa shape index (κ1) is 15.2. The van der Waals surface area contributed by atoms with Gasteiger partial charge in [-0.3, -0.25) is 4.79 Å². The Morgan fingerprint density at radius 3 is 2.48 bits per heavy atom. The molecular weight excluding hydrogens is 292 g/mol. The Labute approximate surface area is 123 Å². The third-order valence-electron chi connectivity index (χ3n) is 3.26. The maximum atomic E-state index is 11.9. The van der Waals surface area contributed by atoms with Crippen molar-refractivity contribution in [2.24, 2.45) is 0 Å². The first-order valence-corrected chi connectivity index (χ1v) is 8.17. The number of aliphatic carboxylic acids is 1. The van der Waals surface area contributed by atoms with Gasteiger partial charge in [-0.15, -0.1) is 0 Å². The lowest BCUT2D eigenvalue weighted by Crippen LogP contribution is -2.08. The van der Waals surface area contributed by atoms with E-state index in [1.807, 2.05) is 0 Å². The number of sulfone groups is 1. The molecule has 0 atom stereocenters. The highest BCUT2D eigenvalue weighted by atomic mass is 32.2. The first-order valence-electron chi connectivity index (χ1n) is 6.28. The van der Waals surface area contributed by atoms with Crippen LogP contribution in [0.4, 0.5) is 0 Å². The number of hydrogen-bond donors (Lipinski definition) is 1. The summed E-state index contributed by atoms with van der Waals surface area (Å²) in [6.07, 6.45) is 0.994. The molecular formula is C14H16N2O4S. The third kappa shape index (κ3) is 2.97. The number of benzene rings is 1. The molecule has 1 N–H and O–H groups in total. The minimum atomic E-state index is -3.40. The Morgan fingerprint density at radius 2 is 1.90 bits per heavy atom. The Hall–Kier alpha value is -2.15. The smallest absolute Gasteiger partial charge is 0.307 e. The minimum absolute atomic E-state index is 0.140. The molecule has 0 saturated carbocycles. The second kappa shape index (κ2) is 5.33. The summed E-state index contributed by atoms with van der Waals surface area (Å²) in [7, 11) is -3.40. The number of aromatic nitrogens is 2. The zero-order chi connectivity index (χ0) is 15.8. The van der Waals surface area contributed by atoms with Crippen LogP contribution in [0.15, 0.2) is 29.2 Å². The van der Waals surface area contributed by atoms with E-state index in [1.54, 1.807) is 32.0 Å². The van der Waals surface area contributed by atoms with Crippen molar-refractivity contribution in [1.82, 2.24) is 9.78 Å². The van der Waals surface area contributed by atoms with Crippen LogP contribution in [0.2, 0.25) is 0 Å². The fourth-order valence-electron chi connectivity index (χ4n) is 2.26. The molecule has 0 radical (unpaired) electrons. The Bertz CT molecular complexity index is 806. The number of aryl methyl sites for hydroxylation is 1. The maximum Gasteiger partial charge on any atom is 0.307 e. The summed E-state index contributed by atoms with van der Waals surface area (Å²) in [6.45, 7) is 3.45. The summed E-state index contributed by atoms with van der Waals surface area (Å²) in [5.74, 6) is -0.947. The number of carboxylic acid groups (broad SMARTS) is 1. The molecule has 6 nitrogen and oxygen atoms in total. The highest BCUT2D eigenvalue weighted by molar-refractivity contribution is 7.90. The number of nitrogens with zero attached hydrogens (tertiary/aromatic N) is 2. The van der Waals surface area contributed by atoms with Crippen molar-refractivity contribution in [3.05, 3.63) is 41.2 Å². The molecule has 0 bridgehead atoms. The van der Waals surface area contributed by atoms with Crippen molar-refractivity contribution in [2.75, 3.05) is 6.26 Å². The Balaban J connectivity index is 2.67. The summed E-state index contributed by atoms with van der Waals surface area (Å²) in [6, 6.07) is 6.53. The molecule has 112 valence electrons. The van der Waals surface area contributed by atoms with Crippen LogP contribution in [-0.4, -0.2) is 35.5 Å². The maximum absolute atomic E-state index is 11.9. The quantitative estimate of drug-likeness (QED) is 0.925. The molecule has 0 fully saturated rings. The van der Waals surface area contributed by atoms with E-state index >= 15 is 0 Å². The fourth-order valence-corrected chi connectivity index (χ4v) is 3.12. The summed E-state index contributed by atoms with van der Waals surface area (Å²) >= 11 is 0. The summed E-state index contributed by atoms with van der Waals surface area (Å²) < 4.78 is 25.2. The van der Waals surface area contributed by atoms with Crippen LogP contribution in [0.3, 0.4) is 0 Å². The van der Waals surface area contributed by atoms with E-state index in [0.717, 1.165) is 6.26 Å². The van der Waals surface area contributed by atoms with E-state index in [1.165, 1.54) is 10.7 Å². The van der Waals surface area contributed by atoms with E-state index in [2.05, 4.69) is 5.10 Å². The predicted molar refractivity (Wildman–Crippen MR) is 77.5 cm³/mol. The van der Waals surface area contributed by atoms with Gasteiger partial charge in [0, 0.05) is 17.5 Å². The SMILES string of the molecule is Cc1nn(-c2ccccc2S(C)(=O)=O)c(C)c1CC(=O)O. The Kier molecular flexibility index (Phi) is 3.87. The molecule has 7 heteroatoms. The number of hydrogen-bond acceptors (Lipinski definition) is 4. The second-order valence-corrected chi connectivity index (χ2v) is 6.86. The lowest BCUT2D eigenvalue weighted by Gasteiger charge is -2.10. The molecule has 21 heavy (non-hydrogen) atoms. The molecule has 1 heterocycles. The van der Waals surface area contributed by atoms with Gasteiger partial charge in [-0.1, -0.05) is 12.1 Å².